The lowest BCUT2D eigenvalue weighted by Gasteiger charge is -2.26. The number of nitrogens with one attached hydrogen (secondary N) is 1. The molecule has 1 saturated heterocycles. The van der Waals surface area contributed by atoms with Gasteiger partial charge < -0.3 is 21.2 Å². The third-order valence-corrected chi connectivity index (χ3v) is 4.21. The average Bonchev–Trinajstić information content (AvgIpc) is 2.52. The molecular weight excluding hydrogens is 274 g/mol. The standard InChI is InChI=1S/C13H21N5OS/c14-13(17-19)12-11(2-1-3-16-12)10-15-4-5-18-6-8-20-9-7-18/h1-3,15,19H,4-10H2,(H2,14,17). The van der Waals surface area contributed by atoms with Gasteiger partial charge in [0.05, 0.1) is 0 Å². The summed E-state index contributed by atoms with van der Waals surface area (Å²) in [4.78, 5) is 6.62. The Balaban J connectivity index is 1.79. The topological polar surface area (TPSA) is 86.8 Å². The maximum atomic E-state index is 8.75. The van der Waals surface area contributed by atoms with Crippen LogP contribution in [0.2, 0.25) is 0 Å². The van der Waals surface area contributed by atoms with E-state index in [1.54, 1.807) is 6.20 Å². The zero-order valence-corrected chi connectivity index (χ0v) is 12.3. The van der Waals surface area contributed by atoms with Crippen molar-refractivity contribution < 1.29 is 5.21 Å². The van der Waals surface area contributed by atoms with Gasteiger partial charge >= 0.3 is 0 Å². The monoisotopic (exact) mass is 295 g/mol. The van der Waals surface area contributed by atoms with Crippen molar-refractivity contribution >= 4 is 17.6 Å². The molecule has 4 N–H and O–H groups in total. The van der Waals surface area contributed by atoms with Crippen molar-refractivity contribution in [2.75, 3.05) is 37.7 Å². The van der Waals surface area contributed by atoms with Crippen molar-refractivity contribution in [3.63, 3.8) is 0 Å². The number of oxime groups is 1. The van der Waals surface area contributed by atoms with Gasteiger partial charge in [-0.05, 0) is 11.6 Å². The molecule has 1 aliphatic heterocycles. The zero-order valence-electron chi connectivity index (χ0n) is 11.5. The van der Waals surface area contributed by atoms with Crippen LogP contribution in [0.1, 0.15) is 11.3 Å². The molecule has 6 nitrogen and oxygen atoms in total. The zero-order chi connectivity index (χ0) is 14.2. The van der Waals surface area contributed by atoms with Crippen molar-refractivity contribution in [3.8, 4) is 0 Å². The maximum Gasteiger partial charge on any atom is 0.189 e. The average molecular weight is 295 g/mol. The number of thioether (sulfide) groups is 1. The lowest BCUT2D eigenvalue weighted by atomic mass is 10.2. The number of rotatable bonds is 6. The second-order valence-corrected chi connectivity index (χ2v) is 5.85. The molecule has 2 heterocycles. The third-order valence-electron chi connectivity index (χ3n) is 3.27. The van der Waals surface area contributed by atoms with Crippen molar-refractivity contribution in [1.82, 2.24) is 15.2 Å². The summed E-state index contributed by atoms with van der Waals surface area (Å²) in [7, 11) is 0. The Bertz CT molecular complexity index is 448. The molecule has 0 unspecified atom stereocenters. The number of nitrogens with zero attached hydrogens (tertiary/aromatic N) is 3. The number of amidine groups is 1. The smallest absolute Gasteiger partial charge is 0.189 e. The first-order valence-electron chi connectivity index (χ1n) is 6.74. The molecule has 0 amide bonds. The first kappa shape index (κ1) is 15.1. The SMILES string of the molecule is N/C(=N/O)c1ncccc1CNCCN1CCSCC1. The minimum atomic E-state index is 0.0513. The molecule has 1 fully saturated rings. The van der Waals surface area contributed by atoms with Gasteiger partial charge in [0.1, 0.15) is 5.69 Å². The first-order chi connectivity index (χ1) is 9.81. The largest absolute Gasteiger partial charge is 0.409 e. The van der Waals surface area contributed by atoms with E-state index in [1.165, 1.54) is 24.6 Å². The number of hydrogen-bond acceptors (Lipinski definition) is 6. The van der Waals surface area contributed by atoms with E-state index in [0.717, 1.165) is 18.7 Å². The lowest BCUT2D eigenvalue weighted by Crippen LogP contribution is -2.37. The van der Waals surface area contributed by atoms with Crippen LogP contribution in [0, 0.1) is 0 Å². The summed E-state index contributed by atoms with van der Waals surface area (Å²) in [5.41, 5.74) is 7.10. The molecule has 2 rings (SSSR count). The lowest BCUT2D eigenvalue weighted by molar-refractivity contribution is 0.301. The number of hydrogen-bond donors (Lipinski definition) is 3. The van der Waals surface area contributed by atoms with Gasteiger partial charge in [-0.1, -0.05) is 11.2 Å². The quantitative estimate of drug-likeness (QED) is 0.230. The van der Waals surface area contributed by atoms with Crippen LogP contribution < -0.4 is 11.1 Å². The summed E-state index contributed by atoms with van der Waals surface area (Å²) in [6.45, 7) is 5.00. The van der Waals surface area contributed by atoms with Gasteiger partial charge in [0.15, 0.2) is 5.84 Å². The summed E-state index contributed by atoms with van der Waals surface area (Å²) >= 11 is 2.02. The fourth-order valence-electron chi connectivity index (χ4n) is 2.14. The molecule has 0 saturated carbocycles. The Morgan fingerprint density at radius 3 is 3.05 bits per heavy atom. The minimum absolute atomic E-state index is 0.0513. The van der Waals surface area contributed by atoms with Crippen molar-refractivity contribution in [1.29, 1.82) is 0 Å². The molecule has 7 heteroatoms. The fraction of sp³-hybridized carbons (Fsp3) is 0.538. The second kappa shape index (κ2) is 8.08. The van der Waals surface area contributed by atoms with Gasteiger partial charge in [0, 0.05) is 50.4 Å². The van der Waals surface area contributed by atoms with Gasteiger partial charge in [-0.2, -0.15) is 11.8 Å². The van der Waals surface area contributed by atoms with E-state index < -0.39 is 0 Å². The Labute approximate surface area is 123 Å². The van der Waals surface area contributed by atoms with E-state index in [9.17, 15) is 0 Å². The van der Waals surface area contributed by atoms with Crippen molar-refractivity contribution in [3.05, 3.63) is 29.6 Å². The molecule has 1 aliphatic rings. The molecule has 1 aromatic rings. The summed E-state index contributed by atoms with van der Waals surface area (Å²) < 4.78 is 0. The second-order valence-electron chi connectivity index (χ2n) is 4.63. The van der Waals surface area contributed by atoms with E-state index in [2.05, 4.69) is 20.4 Å². The predicted octanol–water partition coefficient (Wildman–Crippen LogP) is 0.314. The van der Waals surface area contributed by atoms with Crippen molar-refractivity contribution in [2.45, 2.75) is 6.54 Å². The van der Waals surface area contributed by atoms with E-state index >= 15 is 0 Å². The number of nitrogens with two attached hydrogens (primary N) is 1. The van der Waals surface area contributed by atoms with Gasteiger partial charge in [0.25, 0.3) is 0 Å². The highest BCUT2D eigenvalue weighted by Gasteiger charge is 2.10. The van der Waals surface area contributed by atoms with Crippen LogP contribution in [0.5, 0.6) is 0 Å². The number of pyridine rings is 1. The van der Waals surface area contributed by atoms with Crippen LogP contribution in [-0.4, -0.2) is 58.6 Å². The molecule has 1 aromatic heterocycles. The van der Waals surface area contributed by atoms with E-state index in [4.69, 9.17) is 10.9 Å². The summed E-state index contributed by atoms with van der Waals surface area (Å²) in [5, 5.41) is 15.2. The third kappa shape index (κ3) is 4.36. The summed E-state index contributed by atoms with van der Waals surface area (Å²) in [6.07, 6.45) is 1.64. The van der Waals surface area contributed by atoms with Gasteiger partial charge in [-0.3, -0.25) is 4.98 Å². The number of aromatic nitrogens is 1. The van der Waals surface area contributed by atoms with Crippen LogP contribution >= 0.6 is 11.8 Å². The summed E-state index contributed by atoms with van der Waals surface area (Å²) in [5.74, 6) is 2.52. The van der Waals surface area contributed by atoms with Gasteiger partial charge in [-0.15, -0.1) is 0 Å². The minimum Gasteiger partial charge on any atom is -0.409 e. The summed E-state index contributed by atoms with van der Waals surface area (Å²) in [6, 6.07) is 3.79. The Morgan fingerprint density at radius 2 is 2.30 bits per heavy atom. The Morgan fingerprint density at radius 1 is 1.50 bits per heavy atom. The van der Waals surface area contributed by atoms with Crippen molar-refractivity contribution in [2.24, 2.45) is 10.9 Å². The predicted molar refractivity (Wildman–Crippen MR) is 82.2 cm³/mol. The van der Waals surface area contributed by atoms with E-state index in [-0.39, 0.29) is 5.84 Å². The molecule has 0 bridgehead atoms. The highest BCUT2D eigenvalue weighted by molar-refractivity contribution is 7.99. The van der Waals surface area contributed by atoms with Gasteiger partial charge in [0.2, 0.25) is 0 Å². The Hall–Kier alpha value is -1.31. The van der Waals surface area contributed by atoms with E-state index in [0.29, 0.717) is 12.2 Å². The molecule has 0 atom stereocenters. The highest BCUT2D eigenvalue weighted by Crippen LogP contribution is 2.08. The van der Waals surface area contributed by atoms with Crippen LogP contribution in [0.3, 0.4) is 0 Å². The van der Waals surface area contributed by atoms with Crippen LogP contribution in [0.15, 0.2) is 23.5 Å². The van der Waals surface area contributed by atoms with Crippen LogP contribution in [0.4, 0.5) is 0 Å². The van der Waals surface area contributed by atoms with Crippen LogP contribution in [0.25, 0.3) is 0 Å². The van der Waals surface area contributed by atoms with Gasteiger partial charge in [-0.25, -0.2) is 0 Å². The molecular formula is C13H21N5OS. The maximum absolute atomic E-state index is 8.75. The molecule has 20 heavy (non-hydrogen) atoms. The van der Waals surface area contributed by atoms with E-state index in [1.807, 2.05) is 23.9 Å². The fourth-order valence-corrected chi connectivity index (χ4v) is 3.12. The molecule has 0 radical (unpaired) electrons. The Kier molecular flexibility index (Phi) is 6.10. The first-order valence-corrected chi connectivity index (χ1v) is 7.89. The van der Waals surface area contributed by atoms with Crippen LogP contribution in [-0.2, 0) is 6.54 Å². The molecule has 0 aromatic carbocycles. The highest BCUT2D eigenvalue weighted by atomic mass is 32.2. The molecule has 110 valence electrons. The normalized spacial score (nSPS) is 17.3. The molecule has 0 aliphatic carbocycles. The molecule has 0 spiro atoms.